The van der Waals surface area contributed by atoms with Gasteiger partial charge in [0.1, 0.15) is 0 Å². The fourth-order valence-corrected chi connectivity index (χ4v) is 2.91. The Morgan fingerprint density at radius 3 is 2.74 bits per heavy atom. The number of aryl methyl sites for hydroxylation is 2. The maximum Gasteiger partial charge on any atom is 0.303 e. The summed E-state index contributed by atoms with van der Waals surface area (Å²) in [6, 6.07) is 7.04. The number of nitrogens with one attached hydrogen (secondary N) is 1. The lowest BCUT2D eigenvalue weighted by Gasteiger charge is -2.21. The van der Waals surface area contributed by atoms with Crippen LogP contribution in [-0.4, -0.2) is 18.1 Å². The van der Waals surface area contributed by atoms with Crippen molar-refractivity contribution in [2.45, 2.75) is 51.0 Å². The minimum absolute atomic E-state index is 0.253. The van der Waals surface area contributed by atoms with Crippen molar-refractivity contribution < 1.29 is 9.90 Å². The molecule has 0 fully saturated rings. The molecule has 0 saturated heterocycles. The normalized spacial score (nSPS) is 15.8. The third kappa shape index (κ3) is 3.80. The van der Waals surface area contributed by atoms with Crippen molar-refractivity contribution in [1.29, 1.82) is 0 Å². The molecule has 2 rings (SSSR count). The fraction of sp³-hybridized carbons (Fsp3) is 0.562. The van der Waals surface area contributed by atoms with Crippen LogP contribution in [0.4, 0.5) is 0 Å². The predicted octanol–water partition coefficient (Wildman–Crippen LogP) is 3.08. The van der Waals surface area contributed by atoms with Crippen LogP contribution in [0.5, 0.6) is 0 Å². The third-order valence-corrected chi connectivity index (χ3v) is 4.01. The Morgan fingerprint density at radius 2 is 2.05 bits per heavy atom. The lowest BCUT2D eigenvalue weighted by Crippen LogP contribution is -2.17. The first-order chi connectivity index (χ1) is 9.20. The van der Waals surface area contributed by atoms with Crippen LogP contribution in [-0.2, 0) is 17.6 Å². The molecule has 0 saturated carbocycles. The van der Waals surface area contributed by atoms with Crippen LogP contribution in [0.25, 0.3) is 0 Å². The molecule has 1 aromatic rings. The number of hydrogen-bond acceptors (Lipinski definition) is 2. The highest BCUT2D eigenvalue weighted by Gasteiger charge is 2.14. The Kier molecular flexibility index (Phi) is 4.97. The number of rotatable bonds is 6. The maximum atomic E-state index is 10.6. The van der Waals surface area contributed by atoms with E-state index in [0.717, 1.165) is 12.8 Å². The van der Waals surface area contributed by atoms with Gasteiger partial charge in [0.05, 0.1) is 0 Å². The van der Waals surface area contributed by atoms with Crippen LogP contribution in [0.3, 0.4) is 0 Å². The molecule has 1 unspecified atom stereocenters. The van der Waals surface area contributed by atoms with E-state index in [-0.39, 0.29) is 12.5 Å². The molecule has 1 aromatic carbocycles. The first-order valence-corrected chi connectivity index (χ1v) is 7.21. The van der Waals surface area contributed by atoms with Crippen molar-refractivity contribution >= 4 is 5.97 Å². The summed E-state index contributed by atoms with van der Waals surface area (Å²) in [7, 11) is 1.95. The van der Waals surface area contributed by atoms with Crippen molar-refractivity contribution in [1.82, 2.24) is 5.32 Å². The summed E-state index contributed by atoms with van der Waals surface area (Å²) in [4.78, 5) is 10.6. The second kappa shape index (κ2) is 6.71. The van der Waals surface area contributed by atoms with Gasteiger partial charge in [-0.25, -0.2) is 0 Å². The summed E-state index contributed by atoms with van der Waals surface area (Å²) in [5.41, 5.74) is 4.28. The van der Waals surface area contributed by atoms with Crippen LogP contribution in [0.1, 0.15) is 54.8 Å². The second-order valence-corrected chi connectivity index (χ2v) is 5.36. The molecular weight excluding hydrogens is 238 g/mol. The standard InChI is InChI=1S/C16H23NO2/c1-17-15(7-4-8-16(18)19)14-10-9-12-5-2-3-6-13(12)11-14/h9-11,15,17H,2-8H2,1H3,(H,18,19). The molecule has 0 bridgehead atoms. The van der Waals surface area contributed by atoms with Gasteiger partial charge in [-0.3, -0.25) is 4.79 Å². The summed E-state index contributed by atoms with van der Waals surface area (Å²) in [5, 5.41) is 12.0. The van der Waals surface area contributed by atoms with Gasteiger partial charge in [-0.1, -0.05) is 18.2 Å². The molecule has 0 spiro atoms. The molecule has 0 aliphatic heterocycles. The molecular formula is C16H23NO2. The zero-order valence-corrected chi connectivity index (χ0v) is 11.6. The lowest BCUT2D eigenvalue weighted by atomic mass is 9.88. The van der Waals surface area contributed by atoms with Crippen LogP contribution < -0.4 is 5.32 Å². The van der Waals surface area contributed by atoms with Crippen molar-refractivity contribution in [3.05, 3.63) is 34.9 Å². The number of hydrogen-bond donors (Lipinski definition) is 2. The van der Waals surface area contributed by atoms with Crippen LogP contribution in [0, 0.1) is 0 Å². The largest absolute Gasteiger partial charge is 0.481 e. The summed E-state index contributed by atoms with van der Waals surface area (Å²) < 4.78 is 0. The van der Waals surface area contributed by atoms with Crippen molar-refractivity contribution in [2.24, 2.45) is 0 Å². The molecule has 19 heavy (non-hydrogen) atoms. The van der Waals surface area contributed by atoms with E-state index in [1.54, 1.807) is 0 Å². The zero-order valence-electron chi connectivity index (χ0n) is 11.6. The van der Waals surface area contributed by atoms with Crippen LogP contribution in [0.15, 0.2) is 18.2 Å². The fourth-order valence-electron chi connectivity index (χ4n) is 2.91. The highest BCUT2D eigenvalue weighted by atomic mass is 16.4. The Hall–Kier alpha value is -1.35. The first-order valence-electron chi connectivity index (χ1n) is 7.21. The van der Waals surface area contributed by atoms with Gasteiger partial charge in [-0.15, -0.1) is 0 Å². The predicted molar refractivity (Wildman–Crippen MR) is 76.4 cm³/mol. The van der Waals surface area contributed by atoms with Crippen molar-refractivity contribution in [3.63, 3.8) is 0 Å². The van der Waals surface area contributed by atoms with Gasteiger partial charge >= 0.3 is 5.97 Å². The molecule has 0 aromatic heterocycles. The third-order valence-electron chi connectivity index (χ3n) is 4.01. The molecule has 3 nitrogen and oxygen atoms in total. The van der Waals surface area contributed by atoms with E-state index in [9.17, 15) is 4.79 Å². The van der Waals surface area contributed by atoms with E-state index in [2.05, 4.69) is 23.5 Å². The average molecular weight is 261 g/mol. The molecule has 1 atom stereocenters. The zero-order chi connectivity index (χ0) is 13.7. The molecule has 1 aliphatic rings. The minimum Gasteiger partial charge on any atom is -0.481 e. The SMILES string of the molecule is CNC(CCCC(=O)O)c1ccc2c(c1)CCCC2. The van der Waals surface area contributed by atoms with Gasteiger partial charge in [0.2, 0.25) is 0 Å². The van der Waals surface area contributed by atoms with E-state index in [0.29, 0.717) is 0 Å². The number of carboxylic acids is 1. The Labute approximate surface area is 115 Å². The first kappa shape index (κ1) is 14.1. The number of carboxylic acid groups (broad SMARTS) is 1. The second-order valence-electron chi connectivity index (χ2n) is 5.36. The van der Waals surface area contributed by atoms with Crippen LogP contribution >= 0.6 is 0 Å². The van der Waals surface area contributed by atoms with Crippen LogP contribution in [0.2, 0.25) is 0 Å². The lowest BCUT2D eigenvalue weighted by molar-refractivity contribution is -0.137. The summed E-state index contributed by atoms with van der Waals surface area (Å²) in [5.74, 6) is -0.708. The minimum atomic E-state index is -0.708. The quantitative estimate of drug-likeness (QED) is 0.827. The topological polar surface area (TPSA) is 49.3 Å². The smallest absolute Gasteiger partial charge is 0.303 e. The highest BCUT2D eigenvalue weighted by molar-refractivity contribution is 5.66. The Morgan fingerprint density at radius 1 is 1.32 bits per heavy atom. The van der Waals surface area contributed by atoms with E-state index in [1.165, 1.54) is 42.4 Å². The number of carbonyl (C=O) groups is 1. The van der Waals surface area contributed by atoms with Gasteiger partial charge in [0, 0.05) is 12.5 Å². The molecule has 104 valence electrons. The van der Waals surface area contributed by atoms with Gasteiger partial charge in [0.25, 0.3) is 0 Å². The highest BCUT2D eigenvalue weighted by Crippen LogP contribution is 2.26. The molecule has 2 N–H and O–H groups in total. The summed E-state index contributed by atoms with van der Waals surface area (Å²) in [6.07, 6.45) is 6.84. The average Bonchev–Trinajstić information content (AvgIpc) is 2.43. The molecule has 3 heteroatoms. The maximum absolute atomic E-state index is 10.6. The van der Waals surface area contributed by atoms with Crippen molar-refractivity contribution in [2.75, 3.05) is 7.05 Å². The van der Waals surface area contributed by atoms with E-state index < -0.39 is 5.97 Å². The molecule has 0 heterocycles. The number of fused-ring (bicyclic) bond motifs is 1. The Bertz CT molecular complexity index is 442. The van der Waals surface area contributed by atoms with Gasteiger partial charge in [-0.2, -0.15) is 0 Å². The van der Waals surface area contributed by atoms with Gasteiger partial charge in [-0.05, 0) is 62.3 Å². The summed E-state index contributed by atoms with van der Waals surface area (Å²) in [6.45, 7) is 0. The number of benzene rings is 1. The summed E-state index contributed by atoms with van der Waals surface area (Å²) >= 11 is 0. The van der Waals surface area contributed by atoms with E-state index in [1.807, 2.05) is 7.05 Å². The molecule has 0 radical (unpaired) electrons. The van der Waals surface area contributed by atoms with Gasteiger partial charge < -0.3 is 10.4 Å². The van der Waals surface area contributed by atoms with E-state index in [4.69, 9.17) is 5.11 Å². The monoisotopic (exact) mass is 261 g/mol. The molecule has 1 aliphatic carbocycles. The Balaban J connectivity index is 2.03. The molecule has 0 amide bonds. The van der Waals surface area contributed by atoms with Crippen molar-refractivity contribution in [3.8, 4) is 0 Å². The number of aliphatic carboxylic acids is 1. The van der Waals surface area contributed by atoms with E-state index >= 15 is 0 Å². The van der Waals surface area contributed by atoms with Gasteiger partial charge in [0.15, 0.2) is 0 Å².